The van der Waals surface area contributed by atoms with E-state index in [1.54, 1.807) is 20.8 Å². The highest BCUT2D eigenvalue weighted by molar-refractivity contribution is 7.89. The first kappa shape index (κ1) is 25.8. The molecule has 1 saturated heterocycles. The molecule has 1 aliphatic rings. The summed E-state index contributed by atoms with van der Waals surface area (Å²) in [5, 5.41) is 2.49. The molecule has 1 amide bonds. The number of carbonyl (C=O) groups excluding carboxylic acids is 2. The van der Waals surface area contributed by atoms with Crippen LogP contribution in [-0.4, -0.2) is 49.3 Å². The number of alkyl halides is 3. The number of sulfonamides is 1. The number of carbonyl (C=O) groups is 2. The average molecular weight is 502 g/mol. The minimum absolute atomic E-state index is 0.0207. The van der Waals surface area contributed by atoms with Crippen molar-refractivity contribution in [2.45, 2.75) is 44.7 Å². The monoisotopic (exact) mass is 501 g/mol. The minimum atomic E-state index is -4.53. The number of amides is 1. The van der Waals surface area contributed by atoms with Gasteiger partial charge in [-0.1, -0.05) is 6.07 Å². The number of aromatic nitrogens is 1. The summed E-state index contributed by atoms with van der Waals surface area (Å²) in [4.78, 5) is 27.7. The van der Waals surface area contributed by atoms with Crippen LogP contribution >= 0.6 is 0 Å². The van der Waals surface area contributed by atoms with E-state index in [2.05, 4.69) is 10.3 Å². The van der Waals surface area contributed by atoms with E-state index in [1.807, 2.05) is 0 Å². The Morgan fingerprint density at radius 2 is 1.82 bits per heavy atom. The molecule has 2 aromatic rings. The third-order valence-electron chi connectivity index (χ3n) is 5.68. The molecule has 34 heavy (non-hydrogen) atoms. The molecule has 8 nitrogen and oxygen atoms in total. The van der Waals surface area contributed by atoms with Crippen LogP contribution in [0.3, 0.4) is 0 Å². The maximum Gasteiger partial charge on any atom is 0.416 e. The Balaban J connectivity index is 1.72. The zero-order chi connectivity index (χ0) is 25.3. The summed E-state index contributed by atoms with van der Waals surface area (Å²) < 4.78 is 71.6. The Hall–Kier alpha value is -2.86. The topological polar surface area (TPSA) is 109 Å². The second-order valence-electron chi connectivity index (χ2n) is 8.05. The number of H-pyrrole nitrogens is 1. The summed E-state index contributed by atoms with van der Waals surface area (Å²) in [7, 11) is -4.05. The lowest BCUT2D eigenvalue weighted by atomic mass is 9.97. The largest absolute Gasteiger partial charge is 0.462 e. The Bertz CT molecular complexity index is 1180. The first-order valence-electron chi connectivity index (χ1n) is 10.7. The van der Waals surface area contributed by atoms with Crippen molar-refractivity contribution < 1.29 is 35.9 Å². The van der Waals surface area contributed by atoms with Crippen molar-refractivity contribution in [3.05, 3.63) is 46.8 Å². The highest BCUT2D eigenvalue weighted by Crippen LogP contribution is 2.32. The van der Waals surface area contributed by atoms with Crippen LogP contribution in [0.1, 0.15) is 47.1 Å². The molecule has 1 fully saturated rings. The van der Waals surface area contributed by atoms with E-state index in [1.165, 1.54) is 16.4 Å². The number of ether oxygens (including phenoxy) is 1. The van der Waals surface area contributed by atoms with Crippen LogP contribution in [-0.2, 0) is 25.7 Å². The molecule has 186 valence electrons. The predicted molar refractivity (Wildman–Crippen MR) is 118 cm³/mol. The third-order valence-corrected chi connectivity index (χ3v) is 7.75. The van der Waals surface area contributed by atoms with Crippen molar-refractivity contribution in [3.63, 3.8) is 0 Å². The number of aryl methyl sites for hydroxylation is 2. The van der Waals surface area contributed by atoms with Gasteiger partial charge >= 0.3 is 12.1 Å². The van der Waals surface area contributed by atoms with Crippen LogP contribution in [0.4, 0.5) is 18.9 Å². The van der Waals surface area contributed by atoms with Gasteiger partial charge in [0.25, 0.3) is 0 Å². The van der Waals surface area contributed by atoms with E-state index in [4.69, 9.17) is 4.74 Å². The van der Waals surface area contributed by atoms with E-state index in [9.17, 15) is 31.2 Å². The number of piperidine rings is 1. The fourth-order valence-electron chi connectivity index (χ4n) is 4.03. The Kier molecular flexibility index (Phi) is 7.41. The van der Waals surface area contributed by atoms with Crippen molar-refractivity contribution in [3.8, 4) is 0 Å². The average Bonchev–Trinajstić information content (AvgIpc) is 3.08. The van der Waals surface area contributed by atoms with Gasteiger partial charge in [0.15, 0.2) is 0 Å². The van der Waals surface area contributed by atoms with Crippen LogP contribution in [0.2, 0.25) is 0 Å². The summed E-state index contributed by atoms with van der Waals surface area (Å²) in [6, 6.07) is 4.33. The molecule has 12 heteroatoms. The number of nitrogens with zero attached hydrogens (tertiary/aromatic N) is 1. The van der Waals surface area contributed by atoms with E-state index in [-0.39, 0.29) is 48.7 Å². The molecule has 0 saturated carbocycles. The van der Waals surface area contributed by atoms with Gasteiger partial charge < -0.3 is 15.0 Å². The summed E-state index contributed by atoms with van der Waals surface area (Å²) in [5.74, 6) is -1.78. The summed E-state index contributed by atoms with van der Waals surface area (Å²) in [5.41, 5.74) is -0.202. The normalized spacial score (nSPS) is 15.8. The standard InChI is InChI=1S/C22H26F3N3O5S/c1-4-33-21(30)18-13(2)26-14(3)19(18)34(31,32)28-10-8-15(9-11-28)20(29)27-17-7-5-6-16(12-17)22(23,24)25/h5-7,12,15,26H,4,8-11H2,1-3H3,(H,27,29). The van der Waals surface area contributed by atoms with Crippen LogP contribution in [0, 0.1) is 19.8 Å². The lowest BCUT2D eigenvalue weighted by molar-refractivity contribution is -0.137. The number of anilines is 1. The van der Waals surface area contributed by atoms with Gasteiger partial charge in [-0.2, -0.15) is 17.5 Å². The van der Waals surface area contributed by atoms with E-state index in [0.29, 0.717) is 11.4 Å². The van der Waals surface area contributed by atoms with Crippen molar-refractivity contribution >= 4 is 27.6 Å². The van der Waals surface area contributed by atoms with Gasteiger partial charge in [0.2, 0.25) is 15.9 Å². The molecule has 2 N–H and O–H groups in total. The first-order valence-corrected chi connectivity index (χ1v) is 12.1. The third kappa shape index (κ3) is 5.27. The molecule has 0 radical (unpaired) electrons. The maximum absolute atomic E-state index is 13.3. The predicted octanol–water partition coefficient (Wildman–Crippen LogP) is 3.87. The van der Waals surface area contributed by atoms with Crippen molar-refractivity contribution in [1.82, 2.24) is 9.29 Å². The van der Waals surface area contributed by atoms with Crippen LogP contribution in [0.5, 0.6) is 0 Å². The zero-order valence-electron chi connectivity index (χ0n) is 19.0. The second-order valence-corrected chi connectivity index (χ2v) is 9.92. The molecule has 2 heterocycles. The minimum Gasteiger partial charge on any atom is -0.462 e. The Morgan fingerprint density at radius 3 is 2.41 bits per heavy atom. The molecule has 0 aliphatic carbocycles. The summed E-state index contributed by atoms with van der Waals surface area (Å²) in [6.07, 6.45) is -4.17. The number of hydrogen-bond donors (Lipinski definition) is 2. The number of rotatable bonds is 6. The molecular weight excluding hydrogens is 475 g/mol. The first-order chi connectivity index (χ1) is 15.9. The SMILES string of the molecule is CCOC(=O)c1c(C)[nH]c(C)c1S(=O)(=O)N1CCC(C(=O)Nc2cccc(C(F)(F)F)c2)CC1. The number of aromatic amines is 1. The zero-order valence-corrected chi connectivity index (χ0v) is 19.8. The van der Waals surface area contributed by atoms with Crippen molar-refractivity contribution in [1.29, 1.82) is 0 Å². The molecule has 0 atom stereocenters. The lowest BCUT2D eigenvalue weighted by Crippen LogP contribution is -2.41. The number of hydrogen-bond acceptors (Lipinski definition) is 5. The highest BCUT2D eigenvalue weighted by atomic mass is 32.2. The van der Waals surface area contributed by atoms with Crippen LogP contribution < -0.4 is 5.32 Å². The van der Waals surface area contributed by atoms with Gasteiger partial charge in [0, 0.05) is 36.1 Å². The van der Waals surface area contributed by atoms with Crippen molar-refractivity contribution in [2.75, 3.05) is 25.0 Å². The van der Waals surface area contributed by atoms with Crippen molar-refractivity contribution in [2.24, 2.45) is 5.92 Å². The Morgan fingerprint density at radius 1 is 1.18 bits per heavy atom. The van der Waals surface area contributed by atoms with Gasteiger partial charge in [-0.3, -0.25) is 4.79 Å². The molecule has 0 bridgehead atoms. The second kappa shape index (κ2) is 9.79. The smallest absolute Gasteiger partial charge is 0.416 e. The number of esters is 1. The maximum atomic E-state index is 13.3. The lowest BCUT2D eigenvalue weighted by Gasteiger charge is -2.30. The number of halogens is 3. The fraction of sp³-hybridized carbons (Fsp3) is 0.455. The van der Waals surface area contributed by atoms with Gasteiger partial charge in [-0.15, -0.1) is 0 Å². The Labute approximate surface area is 195 Å². The fourth-order valence-corrected chi connectivity index (χ4v) is 5.92. The summed E-state index contributed by atoms with van der Waals surface area (Å²) >= 11 is 0. The molecular formula is C22H26F3N3O5S. The molecule has 1 aromatic heterocycles. The molecule has 1 aliphatic heterocycles. The summed E-state index contributed by atoms with van der Waals surface area (Å²) in [6.45, 7) is 4.90. The van der Waals surface area contributed by atoms with E-state index < -0.39 is 39.6 Å². The number of nitrogens with one attached hydrogen (secondary N) is 2. The van der Waals surface area contributed by atoms with E-state index in [0.717, 1.165) is 12.1 Å². The van der Waals surface area contributed by atoms with Gasteiger partial charge in [-0.05, 0) is 51.8 Å². The highest BCUT2D eigenvalue weighted by Gasteiger charge is 2.37. The van der Waals surface area contributed by atoms with Gasteiger partial charge in [-0.25, -0.2) is 13.2 Å². The van der Waals surface area contributed by atoms with E-state index >= 15 is 0 Å². The molecule has 1 aromatic carbocycles. The molecule has 0 unspecified atom stereocenters. The van der Waals surface area contributed by atoms with Gasteiger partial charge in [0.1, 0.15) is 10.5 Å². The van der Waals surface area contributed by atoms with Crippen LogP contribution in [0.15, 0.2) is 29.2 Å². The molecule has 0 spiro atoms. The van der Waals surface area contributed by atoms with Crippen LogP contribution in [0.25, 0.3) is 0 Å². The number of benzene rings is 1. The van der Waals surface area contributed by atoms with Gasteiger partial charge in [0.05, 0.1) is 12.2 Å². The quantitative estimate of drug-likeness (QED) is 0.585. The molecule has 3 rings (SSSR count).